The maximum atomic E-state index is 13.7. The number of nitrogens with one attached hydrogen (secondary N) is 1. The Morgan fingerprint density at radius 2 is 1.83 bits per heavy atom. The minimum Gasteiger partial charge on any atom is -0.477 e. The van der Waals surface area contributed by atoms with E-state index in [1.54, 1.807) is 18.3 Å². The Morgan fingerprint density at radius 1 is 1.11 bits per heavy atom. The normalized spacial score (nSPS) is 18.9. The van der Waals surface area contributed by atoms with E-state index < -0.39 is 5.41 Å². The monoisotopic (exact) mass is 480 g/mol. The molecule has 7 heteroatoms. The number of nitrogens with zero attached hydrogens (tertiary/aromatic N) is 1. The van der Waals surface area contributed by atoms with Gasteiger partial charge in [-0.1, -0.05) is 31.4 Å². The van der Waals surface area contributed by atoms with Crippen LogP contribution in [0.25, 0.3) is 0 Å². The van der Waals surface area contributed by atoms with Crippen molar-refractivity contribution in [3.63, 3.8) is 0 Å². The van der Waals surface area contributed by atoms with Gasteiger partial charge in [0.25, 0.3) is 0 Å². The molecular weight excluding hydrogens is 444 g/mol. The van der Waals surface area contributed by atoms with Crippen molar-refractivity contribution in [1.29, 1.82) is 0 Å². The van der Waals surface area contributed by atoms with Crippen LogP contribution in [0.1, 0.15) is 79.4 Å². The molecule has 188 valence electrons. The van der Waals surface area contributed by atoms with E-state index in [1.165, 1.54) is 39.2 Å². The lowest BCUT2D eigenvalue weighted by Gasteiger charge is -2.37. The second-order valence-electron chi connectivity index (χ2n) is 9.70. The molecule has 2 fully saturated rings. The van der Waals surface area contributed by atoms with Gasteiger partial charge >= 0.3 is 5.97 Å². The molecule has 2 aliphatic rings. The second-order valence-corrected chi connectivity index (χ2v) is 9.70. The summed E-state index contributed by atoms with van der Waals surface area (Å²) in [6.07, 6.45) is 9.22. The number of methoxy groups -OCH3 is 1. The Balaban J connectivity index is 1.48. The van der Waals surface area contributed by atoms with Crippen molar-refractivity contribution in [3.8, 4) is 5.88 Å². The van der Waals surface area contributed by atoms with Crippen LogP contribution in [0.3, 0.4) is 0 Å². The van der Waals surface area contributed by atoms with Crippen molar-refractivity contribution in [3.05, 3.63) is 59.3 Å². The molecule has 1 N–H and O–H groups in total. The Morgan fingerprint density at radius 3 is 2.51 bits per heavy atom. The van der Waals surface area contributed by atoms with Crippen molar-refractivity contribution in [2.75, 3.05) is 26.9 Å². The summed E-state index contributed by atoms with van der Waals surface area (Å²) in [6.45, 7) is 3.67. The van der Waals surface area contributed by atoms with Gasteiger partial charge in [-0.25, -0.2) is 9.78 Å². The lowest BCUT2D eigenvalue weighted by atomic mass is 9.73. The summed E-state index contributed by atoms with van der Waals surface area (Å²) < 4.78 is 16.5. The fourth-order valence-corrected chi connectivity index (χ4v) is 5.15. The van der Waals surface area contributed by atoms with Gasteiger partial charge in [-0.15, -0.1) is 0 Å². The molecule has 35 heavy (non-hydrogen) atoms. The minimum atomic E-state index is -0.704. The molecule has 1 aromatic heterocycles. The third-order valence-corrected chi connectivity index (χ3v) is 7.44. The Labute approximate surface area is 207 Å². The van der Waals surface area contributed by atoms with Crippen LogP contribution < -0.4 is 10.1 Å². The molecule has 0 bridgehead atoms. The number of amides is 1. The Kier molecular flexibility index (Phi) is 8.39. The van der Waals surface area contributed by atoms with Gasteiger partial charge in [0.1, 0.15) is 0 Å². The summed E-state index contributed by atoms with van der Waals surface area (Å²) in [4.78, 5) is 29.9. The quantitative estimate of drug-likeness (QED) is 0.549. The van der Waals surface area contributed by atoms with Crippen molar-refractivity contribution < 1.29 is 23.8 Å². The van der Waals surface area contributed by atoms with E-state index in [0.717, 1.165) is 11.1 Å². The van der Waals surface area contributed by atoms with Gasteiger partial charge in [0.15, 0.2) is 0 Å². The highest BCUT2D eigenvalue weighted by Crippen LogP contribution is 2.37. The number of benzene rings is 1. The third kappa shape index (κ3) is 6.01. The van der Waals surface area contributed by atoms with Gasteiger partial charge in [0, 0.05) is 25.5 Å². The fourth-order valence-electron chi connectivity index (χ4n) is 5.15. The van der Waals surface area contributed by atoms with Gasteiger partial charge in [0.2, 0.25) is 11.8 Å². The minimum absolute atomic E-state index is 0.0326. The molecule has 4 rings (SSSR count). The van der Waals surface area contributed by atoms with Crippen molar-refractivity contribution in [1.82, 2.24) is 10.3 Å². The molecule has 1 saturated heterocycles. The van der Waals surface area contributed by atoms with E-state index in [1.807, 2.05) is 31.2 Å². The molecule has 1 aromatic carbocycles. The highest BCUT2D eigenvalue weighted by molar-refractivity contribution is 5.90. The topological polar surface area (TPSA) is 86.8 Å². The van der Waals surface area contributed by atoms with E-state index in [4.69, 9.17) is 14.2 Å². The number of carbonyl (C=O) groups is 2. The van der Waals surface area contributed by atoms with Crippen LogP contribution >= 0.6 is 0 Å². The van der Waals surface area contributed by atoms with Crippen LogP contribution in [0, 0.1) is 5.92 Å². The number of hydrogen-bond acceptors (Lipinski definition) is 6. The fraction of sp³-hybridized carbons (Fsp3) is 0.536. The van der Waals surface area contributed by atoms with Crippen LogP contribution in [0.15, 0.2) is 42.6 Å². The molecule has 1 amide bonds. The summed E-state index contributed by atoms with van der Waals surface area (Å²) in [6, 6.07) is 10.8. The predicted molar refractivity (Wildman–Crippen MR) is 132 cm³/mol. The zero-order valence-corrected chi connectivity index (χ0v) is 20.8. The molecule has 1 saturated carbocycles. The smallest absolute Gasteiger partial charge is 0.337 e. The lowest BCUT2D eigenvalue weighted by molar-refractivity contribution is -0.131. The van der Waals surface area contributed by atoms with Crippen LogP contribution in [0.2, 0.25) is 0 Å². The first-order chi connectivity index (χ1) is 17.0. The van der Waals surface area contributed by atoms with E-state index in [9.17, 15) is 9.59 Å². The van der Waals surface area contributed by atoms with Gasteiger partial charge in [-0.05, 0) is 67.9 Å². The largest absolute Gasteiger partial charge is 0.477 e. The summed E-state index contributed by atoms with van der Waals surface area (Å²) in [5.74, 6) is 0.752. The first-order valence-electron chi connectivity index (χ1n) is 12.7. The van der Waals surface area contributed by atoms with Crippen LogP contribution in [-0.4, -0.2) is 43.8 Å². The number of aromatic nitrogens is 1. The van der Waals surface area contributed by atoms with Crippen LogP contribution in [-0.2, 0) is 19.7 Å². The summed E-state index contributed by atoms with van der Waals surface area (Å²) in [5, 5.41) is 3.20. The summed E-state index contributed by atoms with van der Waals surface area (Å²) >= 11 is 0. The lowest BCUT2D eigenvalue weighted by Crippen LogP contribution is -2.48. The van der Waals surface area contributed by atoms with E-state index in [2.05, 4.69) is 10.3 Å². The first kappa shape index (κ1) is 25.2. The standard InChI is InChI=1S/C28H36N2O5/c1-20(22-8-10-23(11-9-22)26(31)33-2)30-27(32)28(13-16-34-17-14-28)24-12-15-29-25(18-24)35-19-21-6-4-3-5-7-21/h8-12,15,18,20-21H,3-7,13-14,16-17,19H2,1-2H3,(H,30,32)/t20-/m0/s1. The van der Waals surface area contributed by atoms with E-state index in [-0.39, 0.29) is 17.9 Å². The average Bonchev–Trinajstić information content (AvgIpc) is 2.92. The SMILES string of the molecule is COC(=O)c1ccc([C@H](C)NC(=O)C2(c3ccnc(OCC4CCCCC4)c3)CCOCC2)cc1. The molecule has 0 spiro atoms. The number of esters is 1. The summed E-state index contributed by atoms with van der Waals surface area (Å²) in [5.41, 5.74) is 1.61. The van der Waals surface area contributed by atoms with Crippen molar-refractivity contribution in [2.24, 2.45) is 5.92 Å². The van der Waals surface area contributed by atoms with Gasteiger partial charge < -0.3 is 19.5 Å². The zero-order valence-electron chi connectivity index (χ0n) is 20.8. The van der Waals surface area contributed by atoms with E-state index in [0.29, 0.717) is 50.0 Å². The van der Waals surface area contributed by atoms with Crippen molar-refractivity contribution >= 4 is 11.9 Å². The molecule has 7 nitrogen and oxygen atoms in total. The van der Waals surface area contributed by atoms with Crippen LogP contribution in [0.4, 0.5) is 0 Å². The van der Waals surface area contributed by atoms with Gasteiger partial charge in [-0.3, -0.25) is 4.79 Å². The highest BCUT2D eigenvalue weighted by Gasteiger charge is 2.42. The zero-order chi connectivity index (χ0) is 24.7. The van der Waals surface area contributed by atoms with E-state index >= 15 is 0 Å². The third-order valence-electron chi connectivity index (χ3n) is 7.44. The molecule has 2 heterocycles. The Hall–Kier alpha value is -2.93. The maximum absolute atomic E-state index is 13.7. The Bertz CT molecular complexity index is 995. The maximum Gasteiger partial charge on any atom is 0.337 e. The number of carbonyl (C=O) groups excluding carboxylic acids is 2. The number of pyridine rings is 1. The first-order valence-corrected chi connectivity index (χ1v) is 12.7. The summed E-state index contributed by atoms with van der Waals surface area (Å²) in [7, 11) is 1.36. The molecule has 2 aromatic rings. The average molecular weight is 481 g/mol. The molecule has 1 aliphatic carbocycles. The second kappa shape index (κ2) is 11.7. The number of hydrogen-bond donors (Lipinski definition) is 1. The molecule has 1 aliphatic heterocycles. The van der Waals surface area contributed by atoms with Crippen LogP contribution in [0.5, 0.6) is 5.88 Å². The van der Waals surface area contributed by atoms with Gasteiger partial charge in [0.05, 0.1) is 30.7 Å². The number of ether oxygens (including phenoxy) is 3. The molecule has 0 unspecified atom stereocenters. The number of rotatable bonds is 8. The van der Waals surface area contributed by atoms with Gasteiger partial charge in [-0.2, -0.15) is 0 Å². The highest BCUT2D eigenvalue weighted by atomic mass is 16.5. The molecule has 1 atom stereocenters. The van der Waals surface area contributed by atoms with Crippen molar-refractivity contribution in [2.45, 2.75) is 63.3 Å². The molecule has 0 radical (unpaired) electrons. The predicted octanol–water partition coefficient (Wildman–Crippen LogP) is 4.75. The molecular formula is C28H36N2O5.